The van der Waals surface area contributed by atoms with E-state index >= 15 is 0 Å². The molecule has 108 valence electrons. The first kappa shape index (κ1) is 13.0. The maximum Gasteiger partial charge on any atom is 0.0375 e. The number of fused-ring (bicyclic) bond motifs is 1. The molecule has 2 aromatic rings. The summed E-state index contributed by atoms with van der Waals surface area (Å²) in [7, 11) is 0. The minimum absolute atomic E-state index is 0.185. The van der Waals surface area contributed by atoms with Gasteiger partial charge in [-0.1, -0.05) is 24.3 Å². The molecule has 4 rings (SSSR count). The summed E-state index contributed by atoms with van der Waals surface area (Å²) in [5.41, 5.74) is 10.5. The fourth-order valence-electron chi connectivity index (χ4n) is 4.07. The Morgan fingerprint density at radius 1 is 1.00 bits per heavy atom. The SMILES string of the molecule is NC1CC(N2CCCC2c2ccncc2)c2ccccc21. The largest absolute Gasteiger partial charge is 0.324 e. The van der Waals surface area contributed by atoms with Crippen LogP contribution in [0.25, 0.3) is 0 Å². The van der Waals surface area contributed by atoms with E-state index in [0.717, 1.165) is 6.42 Å². The maximum absolute atomic E-state index is 6.35. The van der Waals surface area contributed by atoms with Crippen molar-refractivity contribution in [3.8, 4) is 0 Å². The molecule has 3 heteroatoms. The molecule has 0 spiro atoms. The second kappa shape index (κ2) is 5.24. The molecule has 0 amide bonds. The lowest BCUT2D eigenvalue weighted by molar-refractivity contribution is 0.176. The number of nitrogens with two attached hydrogens (primary N) is 1. The van der Waals surface area contributed by atoms with E-state index < -0.39 is 0 Å². The summed E-state index contributed by atoms with van der Waals surface area (Å²) in [4.78, 5) is 6.80. The Bertz CT molecular complexity index is 625. The zero-order valence-corrected chi connectivity index (χ0v) is 12.2. The molecule has 0 radical (unpaired) electrons. The Kier molecular flexibility index (Phi) is 3.24. The molecule has 1 aliphatic heterocycles. The smallest absolute Gasteiger partial charge is 0.0375 e. The second-order valence-electron chi connectivity index (χ2n) is 6.16. The molecule has 1 aromatic carbocycles. The van der Waals surface area contributed by atoms with Crippen molar-refractivity contribution in [3.63, 3.8) is 0 Å². The third-order valence-corrected chi connectivity index (χ3v) is 5.02. The molecule has 0 bridgehead atoms. The van der Waals surface area contributed by atoms with Gasteiger partial charge in [-0.3, -0.25) is 9.88 Å². The molecule has 3 unspecified atom stereocenters. The van der Waals surface area contributed by atoms with Crippen molar-refractivity contribution in [2.45, 2.75) is 37.4 Å². The summed E-state index contributed by atoms with van der Waals surface area (Å²) >= 11 is 0. The van der Waals surface area contributed by atoms with E-state index in [1.165, 1.54) is 36.1 Å². The number of benzene rings is 1. The summed E-state index contributed by atoms with van der Waals surface area (Å²) in [6, 6.07) is 14.2. The van der Waals surface area contributed by atoms with E-state index in [1.807, 2.05) is 12.4 Å². The van der Waals surface area contributed by atoms with Crippen LogP contribution >= 0.6 is 0 Å². The topological polar surface area (TPSA) is 42.1 Å². The van der Waals surface area contributed by atoms with Crippen LogP contribution in [-0.2, 0) is 0 Å². The third kappa shape index (κ3) is 2.17. The number of hydrogen-bond acceptors (Lipinski definition) is 3. The molecule has 0 saturated carbocycles. The fraction of sp³-hybridized carbons (Fsp3) is 0.389. The minimum atomic E-state index is 0.185. The Balaban J connectivity index is 1.68. The maximum atomic E-state index is 6.35. The lowest BCUT2D eigenvalue weighted by Gasteiger charge is -2.31. The molecule has 2 aliphatic rings. The van der Waals surface area contributed by atoms with Gasteiger partial charge in [0.15, 0.2) is 0 Å². The van der Waals surface area contributed by atoms with Crippen LogP contribution < -0.4 is 5.73 Å². The summed E-state index contributed by atoms with van der Waals surface area (Å²) in [5.74, 6) is 0. The van der Waals surface area contributed by atoms with E-state index in [-0.39, 0.29) is 6.04 Å². The van der Waals surface area contributed by atoms with Gasteiger partial charge in [0.05, 0.1) is 0 Å². The van der Waals surface area contributed by atoms with Gasteiger partial charge in [0.1, 0.15) is 0 Å². The van der Waals surface area contributed by atoms with Gasteiger partial charge >= 0.3 is 0 Å². The van der Waals surface area contributed by atoms with Gasteiger partial charge in [-0.15, -0.1) is 0 Å². The Morgan fingerprint density at radius 2 is 1.76 bits per heavy atom. The van der Waals surface area contributed by atoms with Crippen LogP contribution in [0.15, 0.2) is 48.8 Å². The molecule has 3 atom stereocenters. The summed E-state index contributed by atoms with van der Waals surface area (Å²) < 4.78 is 0. The number of pyridine rings is 1. The Morgan fingerprint density at radius 3 is 2.57 bits per heavy atom. The van der Waals surface area contributed by atoms with Crippen molar-refractivity contribution >= 4 is 0 Å². The highest BCUT2D eigenvalue weighted by atomic mass is 15.2. The van der Waals surface area contributed by atoms with Crippen LogP contribution in [0.3, 0.4) is 0 Å². The van der Waals surface area contributed by atoms with Crippen molar-refractivity contribution in [1.82, 2.24) is 9.88 Å². The van der Waals surface area contributed by atoms with Gasteiger partial charge in [0, 0.05) is 30.5 Å². The normalized spacial score (nSPS) is 28.7. The highest BCUT2D eigenvalue weighted by Gasteiger charge is 2.38. The molecule has 3 nitrogen and oxygen atoms in total. The zero-order valence-electron chi connectivity index (χ0n) is 12.2. The second-order valence-corrected chi connectivity index (χ2v) is 6.16. The average molecular weight is 279 g/mol. The lowest BCUT2D eigenvalue weighted by atomic mass is 10.0. The van der Waals surface area contributed by atoms with E-state index in [4.69, 9.17) is 5.73 Å². The monoisotopic (exact) mass is 279 g/mol. The lowest BCUT2D eigenvalue weighted by Crippen LogP contribution is -2.27. The van der Waals surface area contributed by atoms with Crippen LogP contribution in [-0.4, -0.2) is 16.4 Å². The molecular formula is C18H21N3. The summed E-state index contributed by atoms with van der Waals surface area (Å²) in [5, 5.41) is 0. The van der Waals surface area contributed by atoms with Crippen molar-refractivity contribution in [2.75, 3.05) is 6.54 Å². The van der Waals surface area contributed by atoms with Gasteiger partial charge < -0.3 is 5.73 Å². The number of likely N-dealkylation sites (tertiary alicyclic amines) is 1. The molecule has 1 aliphatic carbocycles. The van der Waals surface area contributed by atoms with Gasteiger partial charge in [0.25, 0.3) is 0 Å². The number of hydrogen-bond donors (Lipinski definition) is 1. The van der Waals surface area contributed by atoms with Crippen LogP contribution in [0.2, 0.25) is 0 Å². The minimum Gasteiger partial charge on any atom is -0.324 e. The van der Waals surface area contributed by atoms with Gasteiger partial charge in [-0.05, 0) is 54.6 Å². The van der Waals surface area contributed by atoms with Crippen LogP contribution in [0, 0.1) is 0 Å². The van der Waals surface area contributed by atoms with E-state index in [0.29, 0.717) is 12.1 Å². The fourth-order valence-corrected chi connectivity index (χ4v) is 4.07. The van der Waals surface area contributed by atoms with Crippen LogP contribution in [0.1, 0.15) is 54.1 Å². The Hall–Kier alpha value is -1.71. The quantitative estimate of drug-likeness (QED) is 0.916. The molecule has 21 heavy (non-hydrogen) atoms. The number of aromatic nitrogens is 1. The van der Waals surface area contributed by atoms with E-state index in [1.54, 1.807) is 0 Å². The molecular weight excluding hydrogens is 258 g/mol. The molecule has 2 N–H and O–H groups in total. The molecule has 1 fully saturated rings. The van der Waals surface area contributed by atoms with Gasteiger partial charge in [-0.25, -0.2) is 0 Å². The summed E-state index contributed by atoms with van der Waals surface area (Å²) in [6.07, 6.45) is 7.35. The van der Waals surface area contributed by atoms with E-state index in [2.05, 4.69) is 46.3 Å². The first-order valence-electron chi connectivity index (χ1n) is 7.84. The van der Waals surface area contributed by atoms with Crippen LogP contribution in [0.5, 0.6) is 0 Å². The Labute approximate surface area is 125 Å². The average Bonchev–Trinajstić information content (AvgIpc) is 3.13. The highest BCUT2D eigenvalue weighted by molar-refractivity contribution is 5.38. The third-order valence-electron chi connectivity index (χ3n) is 5.02. The van der Waals surface area contributed by atoms with Gasteiger partial charge in [0.2, 0.25) is 0 Å². The van der Waals surface area contributed by atoms with Crippen molar-refractivity contribution < 1.29 is 0 Å². The standard InChI is InChI=1S/C18H21N3/c19-16-12-18(15-5-2-1-4-14(15)16)21-11-3-6-17(21)13-7-9-20-10-8-13/h1-2,4-5,7-10,16-18H,3,6,11-12,19H2. The predicted octanol–water partition coefficient (Wildman–Crippen LogP) is 3.36. The van der Waals surface area contributed by atoms with Crippen molar-refractivity contribution in [2.24, 2.45) is 5.73 Å². The van der Waals surface area contributed by atoms with Crippen molar-refractivity contribution in [3.05, 3.63) is 65.5 Å². The first-order chi connectivity index (χ1) is 10.3. The number of rotatable bonds is 2. The number of nitrogens with zero attached hydrogens (tertiary/aromatic N) is 2. The molecule has 2 heterocycles. The molecule has 1 aromatic heterocycles. The van der Waals surface area contributed by atoms with E-state index in [9.17, 15) is 0 Å². The first-order valence-corrected chi connectivity index (χ1v) is 7.84. The molecule has 1 saturated heterocycles. The highest BCUT2D eigenvalue weighted by Crippen LogP contribution is 2.47. The summed E-state index contributed by atoms with van der Waals surface area (Å²) in [6.45, 7) is 1.17. The predicted molar refractivity (Wildman–Crippen MR) is 83.6 cm³/mol. The van der Waals surface area contributed by atoms with Crippen LogP contribution in [0.4, 0.5) is 0 Å². The van der Waals surface area contributed by atoms with Crippen molar-refractivity contribution in [1.29, 1.82) is 0 Å². The zero-order chi connectivity index (χ0) is 14.2. The van der Waals surface area contributed by atoms with Gasteiger partial charge in [-0.2, -0.15) is 0 Å².